The van der Waals surface area contributed by atoms with Gasteiger partial charge in [-0.05, 0) is 19.9 Å². The summed E-state index contributed by atoms with van der Waals surface area (Å²) < 4.78 is 0.461. The molecule has 1 aliphatic carbocycles. The van der Waals surface area contributed by atoms with Gasteiger partial charge in [-0.25, -0.2) is 0 Å². The number of thioether (sulfide) groups is 1. The van der Waals surface area contributed by atoms with Crippen LogP contribution in [0.1, 0.15) is 25.7 Å². The molecule has 3 unspecified atom stereocenters. The van der Waals surface area contributed by atoms with Crippen molar-refractivity contribution < 1.29 is 0 Å². The minimum Gasteiger partial charge on any atom is -0.282 e. The zero-order chi connectivity index (χ0) is 7.84. The molecule has 0 amide bonds. The molecule has 3 atom stereocenters. The number of hydrogen-bond donors (Lipinski definition) is 1. The number of rotatable bonds is 0. The SMILES string of the molecule is CN1C(S)SC2CCCCC21. The monoisotopic (exact) mass is 189 g/mol. The van der Waals surface area contributed by atoms with E-state index in [2.05, 4.69) is 24.6 Å². The maximum Gasteiger partial charge on any atom is 0.100 e. The van der Waals surface area contributed by atoms with Crippen molar-refractivity contribution in [2.45, 2.75) is 41.7 Å². The first-order valence-electron chi connectivity index (χ1n) is 4.34. The molecular weight excluding hydrogens is 174 g/mol. The fourth-order valence-corrected chi connectivity index (χ4v) is 4.23. The Labute approximate surface area is 78.3 Å². The predicted octanol–water partition coefficient (Wildman–Crippen LogP) is 2.19. The Balaban J connectivity index is 2.05. The second-order valence-electron chi connectivity index (χ2n) is 3.52. The van der Waals surface area contributed by atoms with Crippen LogP contribution in [0.2, 0.25) is 0 Å². The normalized spacial score (nSPS) is 45.8. The van der Waals surface area contributed by atoms with Gasteiger partial charge in [-0.15, -0.1) is 24.4 Å². The van der Waals surface area contributed by atoms with Gasteiger partial charge >= 0.3 is 0 Å². The van der Waals surface area contributed by atoms with Crippen molar-refractivity contribution in [3.05, 3.63) is 0 Å². The Morgan fingerprint density at radius 3 is 2.82 bits per heavy atom. The highest BCUT2D eigenvalue weighted by Gasteiger charge is 2.38. The van der Waals surface area contributed by atoms with Crippen molar-refractivity contribution >= 4 is 24.4 Å². The van der Waals surface area contributed by atoms with E-state index in [1.165, 1.54) is 25.7 Å². The van der Waals surface area contributed by atoms with Gasteiger partial charge < -0.3 is 0 Å². The van der Waals surface area contributed by atoms with Gasteiger partial charge in [0.05, 0.1) is 0 Å². The van der Waals surface area contributed by atoms with Crippen molar-refractivity contribution in [1.82, 2.24) is 4.90 Å². The van der Waals surface area contributed by atoms with Crippen LogP contribution in [0.15, 0.2) is 0 Å². The van der Waals surface area contributed by atoms with Gasteiger partial charge in [0.15, 0.2) is 0 Å². The summed E-state index contributed by atoms with van der Waals surface area (Å²) in [6, 6.07) is 0.830. The molecule has 64 valence electrons. The highest BCUT2D eigenvalue weighted by atomic mass is 32.2. The summed E-state index contributed by atoms with van der Waals surface area (Å²) in [6.45, 7) is 0. The van der Waals surface area contributed by atoms with Gasteiger partial charge in [0, 0.05) is 11.3 Å². The Morgan fingerprint density at radius 1 is 1.36 bits per heavy atom. The van der Waals surface area contributed by atoms with Crippen LogP contribution in [-0.4, -0.2) is 27.9 Å². The molecule has 0 bridgehead atoms. The maximum absolute atomic E-state index is 4.53. The lowest BCUT2D eigenvalue weighted by molar-refractivity contribution is 0.238. The third-order valence-electron chi connectivity index (χ3n) is 2.84. The van der Waals surface area contributed by atoms with Crippen LogP contribution in [0.25, 0.3) is 0 Å². The molecule has 0 radical (unpaired) electrons. The van der Waals surface area contributed by atoms with Crippen LogP contribution in [-0.2, 0) is 0 Å². The smallest absolute Gasteiger partial charge is 0.100 e. The van der Waals surface area contributed by atoms with Crippen molar-refractivity contribution in [2.75, 3.05) is 7.05 Å². The molecule has 0 N–H and O–H groups in total. The quantitative estimate of drug-likeness (QED) is 0.582. The van der Waals surface area contributed by atoms with E-state index in [4.69, 9.17) is 0 Å². The second kappa shape index (κ2) is 3.19. The van der Waals surface area contributed by atoms with E-state index in [1.807, 2.05) is 11.8 Å². The highest BCUT2D eigenvalue weighted by Crippen LogP contribution is 2.43. The molecule has 2 rings (SSSR count). The summed E-state index contributed by atoms with van der Waals surface area (Å²) >= 11 is 6.58. The topological polar surface area (TPSA) is 3.24 Å². The predicted molar refractivity (Wildman–Crippen MR) is 54.2 cm³/mol. The summed E-state index contributed by atoms with van der Waals surface area (Å²) in [5.41, 5.74) is 0. The first-order chi connectivity index (χ1) is 5.29. The summed E-state index contributed by atoms with van der Waals surface area (Å²) in [5, 5.41) is 0.885. The molecule has 2 aliphatic rings. The van der Waals surface area contributed by atoms with Crippen LogP contribution >= 0.6 is 24.4 Å². The van der Waals surface area contributed by atoms with E-state index < -0.39 is 0 Å². The first-order valence-corrected chi connectivity index (χ1v) is 5.80. The number of fused-ring (bicyclic) bond motifs is 1. The Kier molecular flexibility index (Phi) is 2.40. The minimum atomic E-state index is 0.461. The molecule has 0 aromatic heterocycles. The maximum atomic E-state index is 4.53. The third-order valence-corrected chi connectivity index (χ3v) is 5.04. The molecule has 1 saturated heterocycles. The largest absolute Gasteiger partial charge is 0.282 e. The lowest BCUT2D eigenvalue weighted by Gasteiger charge is -2.28. The molecular formula is C8H15NS2. The summed E-state index contributed by atoms with van der Waals surface area (Å²) in [6.07, 6.45) is 5.66. The molecule has 1 heterocycles. The molecule has 1 nitrogen and oxygen atoms in total. The second-order valence-corrected chi connectivity index (χ2v) is 5.68. The van der Waals surface area contributed by atoms with Crippen LogP contribution < -0.4 is 0 Å². The van der Waals surface area contributed by atoms with Gasteiger partial charge in [-0.1, -0.05) is 12.8 Å². The Morgan fingerprint density at radius 2 is 2.09 bits per heavy atom. The molecule has 3 heteroatoms. The average Bonchev–Trinajstić information content (AvgIpc) is 2.30. The lowest BCUT2D eigenvalue weighted by Crippen LogP contribution is -2.35. The van der Waals surface area contributed by atoms with Crippen LogP contribution in [0.4, 0.5) is 0 Å². The van der Waals surface area contributed by atoms with E-state index in [0.29, 0.717) is 4.71 Å². The fraction of sp³-hybridized carbons (Fsp3) is 1.00. The number of hydrogen-bond acceptors (Lipinski definition) is 3. The summed E-state index contributed by atoms with van der Waals surface area (Å²) in [5.74, 6) is 0. The third kappa shape index (κ3) is 1.43. The van der Waals surface area contributed by atoms with Crippen LogP contribution in [0.5, 0.6) is 0 Å². The molecule has 0 spiro atoms. The zero-order valence-corrected chi connectivity index (χ0v) is 8.57. The van der Waals surface area contributed by atoms with Crippen LogP contribution in [0, 0.1) is 0 Å². The molecule has 0 aromatic rings. The highest BCUT2D eigenvalue weighted by molar-refractivity contribution is 8.10. The van der Waals surface area contributed by atoms with Crippen LogP contribution in [0.3, 0.4) is 0 Å². The standard InChI is InChI=1S/C8H15NS2/c1-9-6-4-2-3-5-7(6)11-8(9)10/h6-8,10H,2-5H2,1H3. The molecule has 0 aromatic carbocycles. The Hall–Kier alpha value is 0.660. The molecule has 1 aliphatic heterocycles. The number of nitrogens with zero attached hydrogens (tertiary/aromatic N) is 1. The van der Waals surface area contributed by atoms with E-state index in [1.54, 1.807) is 0 Å². The number of thiol groups is 1. The molecule has 1 saturated carbocycles. The summed E-state index contributed by atoms with van der Waals surface area (Å²) in [4.78, 5) is 2.43. The van der Waals surface area contributed by atoms with Crippen molar-refractivity contribution in [1.29, 1.82) is 0 Å². The molecule has 11 heavy (non-hydrogen) atoms. The van der Waals surface area contributed by atoms with Crippen molar-refractivity contribution in [2.24, 2.45) is 0 Å². The van der Waals surface area contributed by atoms with E-state index >= 15 is 0 Å². The Bertz CT molecular complexity index is 151. The first kappa shape index (κ1) is 8.27. The van der Waals surface area contributed by atoms with Gasteiger partial charge in [-0.2, -0.15) is 0 Å². The van der Waals surface area contributed by atoms with Crippen molar-refractivity contribution in [3.8, 4) is 0 Å². The average molecular weight is 189 g/mol. The van der Waals surface area contributed by atoms with Crippen molar-refractivity contribution in [3.63, 3.8) is 0 Å². The van der Waals surface area contributed by atoms with E-state index in [-0.39, 0.29) is 0 Å². The summed E-state index contributed by atoms with van der Waals surface area (Å²) in [7, 11) is 2.21. The van der Waals surface area contributed by atoms with Gasteiger partial charge in [0.25, 0.3) is 0 Å². The van der Waals surface area contributed by atoms with Gasteiger partial charge in [-0.3, -0.25) is 4.90 Å². The van der Waals surface area contributed by atoms with E-state index in [0.717, 1.165) is 11.3 Å². The van der Waals surface area contributed by atoms with Gasteiger partial charge in [0.1, 0.15) is 4.71 Å². The zero-order valence-electron chi connectivity index (χ0n) is 6.86. The molecule has 2 fully saturated rings. The minimum absolute atomic E-state index is 0.461. The van der Waals surface area contributed by atoms with E-state index in [9.17, 15) is 0 Å². The van der Waals surface area contributed by atoms with Gasteiger partial charge in [0.2, 0.25) is 0 Å². The fourth-order valence-electron chi connectivity index (χ4n) is 2.12. The lowest BCUT2D eigenvalue weighted by atomic mass is 9.94.